The lowest BCUT2D eigenvalue weighted by Crippen LogP contribution is -2.46. The normalized spacial score (nSPS) is 15.0. The number of nitrogens with zero attached hydrogens (tertiary/aromatic N) is 3. The van der Waals surface area contributed by atoms with Gasteiger partial charge in [-0.05, 0) is 60.5 Å². The number of esters is 1. The van der Waals surface area contributed by atoms with Crippen LogP contribution < -0.4 is 14.8 Å². The number of imide groups is 1. The van der Waals surface area contributed by atoms with E-state index >= 15 is 0 Å². The van der Waals surface area contributed by atoms with Crippen molar-refractivity contribution in [3.63, 3.8) is 0 Å². The van der Waals surface area contributed by atoms with Crippen LogP contribution in [0.2, 0.25) is 5.02 Å². The number of hydrogen-bond acceptors (Lipinski definition) is 9. The molecule has 0 radical (unpaired) electrons. The minimum Gasteiger partial charge on any atom is -0.427 e. The van der Waals surface area contributed by atoms with E-state index in [-0.39, 0.29) is 46.3 Å². The summed E-state index contributed by atoms with van der Waals surface area (Å²) in [5.41, 5.74) is 0.151. The number of carbonyl (C=O) groups excluding carboxylic acids is 4. The van der Waals surface area contributed by atoms with Gasteiger partial charge in [0.25, 0.3) is 17.5 Å². The fraction of sp³-hybridized carbons (Fsp3) is 0.185. The lowest BCUT2D eigenvalue weighted by molar-refractivity contribution is -0.384. The minimum absolute atomic E-state index is 0.104. The largest absolute Gasteiger partial charge is 0.427 e. The molecule has 15 heteroatoms. The predicted octanol–water partition coefficient (Wildman–Crippen LogP) is 2.84. The first kappa shape index (κ1) is 30.3. The van der Waals surface area contributed by atoms with Gasteiger partial charge in [-0.1, -0.05) is 23.7 Å². The highest BCUT2D eigenvalue weighted by Crippen LogP contribution is 2.30. The average molecular weight is 615 g/mol. The summed E-state index contributed by atoms with van der Waals surface area (Å²) in [6.45, 7) is 1.12. The summed E-state index contributed by atoms with van der Waals surface area (Å²) in [6, 6.07) is 13.4. The van der Waals surface area contributed by atoms with Crippen molar-refractivity contribution in [1.82, 2.24) is 4.90 Å². The molecule has 0 bridgehead atoms. The van der Waals surface area contributed by atoms with Gasteiger partial charge in [0.2, 0.25) is 15.9 Å². The Hall–Kier alpha value is -4.66. The molecule has 218 valence electrons. The van der Waals surface area contributed by atoms with Crippen molar-refractivity contribution in [3.8, 4) is 5.75 Å². The number of ether oxygens (including phenoxy) is 1. The number of nitro groups is 1. The molecule has 42 heavy (non-hydrogen) atoms. The number of benzene rings is 3. The number of sulfonamides is 1. The molecule has 3 amide bonds. The summed E-state index contributed by atoms with van der Waals surface area (Å²) in [4.78, 5) is 64.1. The van der Waals surface area contributed by atoms with Crippen LogP contribution in [0.1, 0.15) is 29.3 Å². The molecule has 13 nitrogen and oxygen atoms in total. The highest BCUT2D eigenvalue weighted by atomic mass is 35.5. The third kappa shape index (κ3) is 6.62. The Kier molecular flexibility index (Phi) is 8.70. The van der Waals surface area contributed by atoms with Gasteiger partial charge < -0.3 is 9.64 Å². The maximum atomic E-state index is 13.7. The Labute approximate surface area is 244 Å². The number of nitro benzene ring substituents is 1. The average Bonchev–Trinajstić information content (AvgIpc) is 3.22. The Bertz CT molecular complexity index is 1690. The lowest BCUT2D eigenvalue weighted by atomic mass is 10.1. The molecule has 0 spiro atoms. The van der Waals surface area contributed by atoms with Gasteiger partial charge in [0.15, 0.2) is 0 Å². The molecular weight excluding hydrogens is 592 g/mol. The zero-order valence-corrected chi connectivity index (χ0v) is 23.5. The fourth-order valence-corrected chi connectivity index (χ4v) is 5.11. The summed E-state index contributed by atoms with van der Waals surface area (Å²) in [6.07, 6.45) is -0.225. The van der Waals surface area contributed by atoms with Crippen LogP contribution in [-0.4, -0.2) is 54.5 Å². The first-order valence-electron chi connectivity index (χ1n) is 12.3. The van der Waals surface area contributed by atoms with Crippen molar-refractivity contribution in [2.75, 3.05) is 11.4 Å². The van der Waals surface area contributed by atoms with Crippen molar-refractivity contribution in [1.29, 1.82) is 0 Å². The van der Waals surface area contributed by atoms with E-state index in [1.807, 2.05) is 0 Å². The number of anilines is 1. The van der Waals surface area contributed by atoms with Crippen LogP contribution in [0, 0.1) is 10.1 Å². The number of hydrogen-bond donors (Lipinski definition) is 1. The van der Waals surface area contributed by atoms with Gasteiger partial charge in [-0.15, -0.1) is 0 Å². The zero-order chi connectivity index (χ0) is 30.8. The Morgan fingerprint density at radius 2 is 1.74 bits per heavy atom. The second-order valence-corrected chi connectivity index (χ2v) is 11.2. The van der Waals surface area contributed by atoms with E-state index in [1.165, 1.54) is 67.6 Å². The SMILES string of the molecule is CC(=O)Oc1ccc(N2C(=O)CC(N(CCc3ccc(S(N)(=O)=O)cc3)C(=O)c3ccc(Cl)c([N+](=O)[O-])c3)C2=O)cc1. The van der Waals surface area contributed by atoms with Crippen LogP contribution in [0.3, 0.4) is 0 Å². The first-order chi connectivity index (χ1) is 19.8. The molecule has 1 heterocycles. The van der Waals surface area contributed by atoms with E-state index in [9.17, 15) is 37.7 Å². The van der Waals surface area contributed by atoms with E-state index < -0.39 is 50.4 Å². The number of nitrogens with two attached hydrogens (primary N) is 1. The monoisotopic (exact) mass is 614 g/mol. The quantitative estimate of drug-likeness (QED) is 0.124. The van der Waals surface area contributed by atoms with Gasteiger partial charge in [-0.2, -0.15) is 0 Å². The molecule has 1 atom stereocenters. The van der Waals surface area contributed by atoms with E-state index in [1.54, 1.807) is 0 Å². The minimum atomic E-state index is -3.93. The molecule has 0 saturated carbocycles. The molecule has 1 unspecified atom stereocenters. The van der Waals surface area contributed by atoms with Gasteiger partial charge in [-0.25, -0.2) is 18.5 Å². The smallest absolute Gasteiger partial charge is 0.308 e. The Morgan fingerprint density at radius 3 is 2.31 bits per heavy atom. The van der Waals surface area contributed by atoms with Gasteiger partial charge >= 0.3 is 5.97 Å². The molecule has 1 aliphatic rings. The number of carbonyl (C=O) groups is 4. The van der Waals surface area contributed by atoms with E-state index in [4.69, 9.17) is 21.5 Å². The second kappa shape index (κ2) is 12.1. The third-order valence-corrected chi connectivity index (χ3v) is 7.65. The summed E-state index contributed by atoms with van der Waals surface area (Å²) in [7, 11) is -3.93. The molecule has 1 saturated heterocycles. The van der Waals surface area contributed by atoms with Crippen molar-refractivity contribution in [2.24, 2.45) is 5.14 Å². The van der Waals surface area contributed by atoms with E-state index in [0.717, 1.165) is 15.9 Å². The molecule has 2 N–H and O–H groups in total. The molecule has 1 aliphatic heterocycles. The molecule has 3 aromatic carbocycles. The van der Waals surface area contributed by atoms with E-state index in [2.05, 4.69) is 0 Å². The zero-order valence-electron chi connectivity index (χ0n) is 21.9. The molecule has 4 rings (SSSR count). The van der Waals surface area contributed by atoms with Crippen LogP contribution in [-0.2, 0) is 30.8 Å². The maximum absolute atomic E-state index is 13.7. The van der Waals surface area contributed by atoms with Gasteiger partial charge in [0, 0.05) is 25.1 Å². The summed E-state index contributed by atoms with van der Waals surface area (Å²) >= 11 is 5.91. The van der Waals surface area contributed by atoms with Crippen LogP contribution in [0.5, 0.6) is 5.75 Å². The highest BCUT2D eigenvalue weighted by Gasteiger charge is 2.44. The highest BCUT2D eigenvalue weighted by molar-refractivity contribution is 7.89. The fourth-order valence-electron chi connectivity index (χ4n) is 4.41. The summed E-state index contributed by atoms with van der Waals surface area (Å²) in [5.74, 6) is -2.40. The van der Waals surface area contributed by atoms with Crippen LogP contribution in [0.4, 0.5) is 11.4 Å². The number of halogens is 1. The van der Waals surface area contributed by atoms with Gasteiger partial charge in [0.05, 0.1) is 21.9 Å². The second-order valence-electron chi connectivity index (χ2n) is 9.24. The van der Waals surface area contributed by atoms with Crippen molar-refractivity contribution >= 4 is 56.7 Å². The van der Waals surface area contributed by atoms with Crippen LogP contribution in [0.15, 0.2) is 71.6 Å². The number of primary sulfonamides is 1. The Balaban J connectivity index is 1.65. The molecule has 0 aromatic heterocycles. The third-order valence-electron chi connectivity index (χ3n) is 6.40. The first-order valence-corrected chi connectivity index (χ1v) is 14.2. The summed E-state index contributed by atoms with van der Waals surface area (Å²) < 4.78 is 28.1. The van der Waals surface area contributed by atoms with Crippen molar-refractivity contribution < 1.29 is 37.3 Å². The summed E-state index contributed by atoms with van der Waals surface area (Å²) in [5, 5.41) is 16.4. The topological polar surface area (TPSA) is 187 Å². The number of rotatable bonds is 9. The van der Waals surface area contributed by atoms with E-state index in [0.29, 0.717) is 5.56 Å². The lowest BCUT2D eigenvalue weighted by Gasteiger charge is -2.28. The van der Waals surface area contributed by atoms with Gasteiger partial charge in [0.1, 0.15) is 16.8 Å². The Morgan fingerprint density at radius 1 is 1.10 bits per heavy atom. The van der Waals surface area contributed by atoms with Crippen LogP contribution in [0.25, 0.3) is 0 Å². The molecule has 0 aliphatic carbocycles. The van der Waals surface area contributed by atoms with Crippen molar-refractivity contribution in [3.05, 3.63) is 93.0 Å². The molecule has 1 fully saturated rings. The maximum Gasteiger partial charge on any atom is 0.308 e. The molecule has 3 aromatic rings. The molecular formula is C27H23ClN4O9S. The van der Waals surface area contributed by atoms with Crippen molar-refractivity contribution in [2.45, 2.75) is 30.7 Å². The standard InChI is InChI=1S/C27H23ClN4O9S/c1-16(33)41-20-7-5-19(6-8-20)31-25(34)15-24(27(31)36)30(13-12-17-2-9-21(10-3-17)42(29,39)40)26(35)18-4-11-22(28)23(14-18)32(37)38/h2-11,14,24H,12-13,15H2,1H3,(H2,29,39,40). The van der Waals surface area contributed by atoms with Crippen LogP contribution >= 0.6 is 11.6 Å². The predicted molar refractivity (Wildman–Crippen MR) is 149 cm³/mol. The van der Waals surface area contributed by atoms with Gasteiger partial charge in [-0.3, -0.25) is 29.3 Å². The number of amides is 3.